The Kier molecular flexibility index (Phi) is 3.55. The predicted octanol–water partition coefficient (Wildman–Crippen LogP) is 3.09. The molecule has 3 rings (SSSR count). The van der Waals surface area contributed by atoms with E-state index in [1.165, 1.54) is 18.1 Å². The second-order valence-electron chi connectivity index (χ2n) is 5.65. The topological polar surface area (TPSA) is 42.7 Å². The molecule has 1 aromatic heterocycles. The fourth-order valence-corrected chi connectivity index (χ4v) is 2.94. The van der Waals surface area contributed by atoms with Crippen LogP contribution in [0.3, 0.4) is 0 Å². The smallest absolute Gasteiger partial charge is 0.308 e. The number of fused-ring (bicyclic) bond motifs is 1. The Morgan fingerprint density at radius 1 is 1.33 bits per heavy atom. The van der Waals surface area contributed by atoms with Gasteiger partial charge in [-0.15, -0.1) is 0 Å². The van der Waals surface area contributed by atoms with E-state index in [1.807, 2.05) is 31.2 Å². The number of esters is 1. The molecule has 2 heterocycles. The van der Waals surface area contributed by atoms with Crippen molar-refractivity contribution >= 4 is 5.97 Å². The summed E-state index contributed by atoms with van der Waals surface area (Å²) in [5.41, 5.74) is 2.48. The van der Waals surface area contributed by atoms with Crippen molar-refractivity contribution in [3.05, 3.63) is 53.0 Å². The van der Waals surface area contributed by atoms with E-state index in [-0.39, 0.29) is 5.97 Å². The predicted molar refractivity (Wildman–Crippen MR) is 79.4 cm³/mol. The third kappa shape index (κ3) is 2.85. The van der Waals surface area contributed by atoms with Crippen LogP contribution < -0.4 is 4.74 Å². The van der Waals surface area contributed by atoms with Gasteiger partial charge in [-0.05, 0) is 37.7 Å². The zero-order chi connectivity index (χ0) is 15.0. The lowest BCUT2D eigenvalue weighted by atomic mass is 9.88. The zero-order valence-electron chi connectivity index (χ0n) is 12.6. The van der Waals surface area contributed by atoms with E-state index in [0.717, 1.165) is 24.6 Å². The first-order valence-corrected chi connectivity index (χ1v) is 7.09. The van der Waals surface area contributed by atoms with Gasteiger partial charge in [0.05, 0.1) is 6.54 Å². The van der Waals surface area contributed by atoms with E-state index < -0.39 is 0 Å². The van der Waals surface area contributed by atoms with E-state index in [4.69, 9.17) is 9.15 Å². The number of hydrogen-bond donors (Lipinski definition) is 0. The van der Waals surface area contributed by atoms with Crippen LogP contribution in [0.4, 0.5) is 0 Å². The number of likely N-dealkylation sites (N-methyl/N-ethyl adjacent to an activating group) is 1. The first kappa shape index (κ1) is 13.9. The molecule has 0 N–H and O–H groups in total. The maximum Gasteiger partial charge on any atom is 0.308 e. The van der Waals surface area contributed by atoms with Gasteiger partial charge in [0.25, 0.3) is 0 Å². The van der Waals surface area contributed by atoms with Crippen LogP contribution in [0.25, 0.3) is 0 Å². The fraction of sp³-hybridized carbons (Fsp3) is 0.353. The Balaban J connectivity index is 1.91. The van der Waals surface area contributed by atoms with Gasteiger partial charge in [-0.1, -0.05) is 12.1 Å². The fourth-order valence-electron chi connectivity index (χ4n) is 2.94. The molecule has 1 unspecified atom stereocenters. The highest BCUT2D eigenvalue weighted by Crippen LogP contribution is 2.35. The Morgan fingerprint density at radius 3 is 2.71 bits per heavy atom. The summed E-state index contributed by atoms with van der Waals surface area (Å²) in [5, 5.41) is 0. The number of nitrogens with zero attached hydrogens (tertiary/aromatic N) is 1. The van der Waals surface area contributed by atoms with Crippen molar-refractivity contribution in [2.45, 2.75) is 26.3 Å². The number of carbonyl (C=O) groups is 1. The molecule has 0 saturated heterocycles. The number of furan rings is 1. The van der Waals surface area contributed by atoms with Crippen LogP contribution >= 0.6 is 0 Å². The van der Waals surface area contributed by atoms with Crippen molar-refractivity contribution < 1.29 is 13.9 Å². The highest BCUT2D eigenvalue weighted by molar-refractivity contribution is 5.69. The van der Waals surface area contributed by atoms with E-state index in [0.29, 0.717) is 11.7 Å². The minimum Gasteiger partial charge on any atom is -0.465 e. The van der Waals surface area contributed by atoms with Crippen LogP contribution in [0.2, 0.25) is 0 Å². The van der Waals surface area contributed by atoms with E-state index >= 15 is 0 Å². The molecule has 4 nitrogen and oxygen atoms in total. The molecular formula is C17H19NO3. The second kappa shape index (κ2) is 5.37. The van der Waals surface area contributed by atoms with Crippen molar-refractivity contribution in [1.82, 2.24) is 4.90 Å². The quantitative estimate of drug-likeness (QED) is 0.628. The molecule has 0 bridgehead atoms. The molecule has 0 aliphatic carbocycles. The Labute approximate surface area is 124 Å². The van der Waals surface area contributed by atoms with Gasteiger partial charge in [0, 0.05) is 24.9 Å². The maximum atomic E-state index is 11.0. The minimum atomic E-state index is -0.298. The van der Waals surface area contributed by atoms with Gasteiger partial charge < -0.3 is 9.15 Å². The van der Waals surface area contributed by atoms with Crippen LogP contribution in [0.1, 0.15) is 35.5 Å². The SMILES string of the molecule is CC(=O)Oc1ccc(C2CN(C)Cc3oc(C)cc32)cc1. The second-order valence-corrected chi connectivity index (χ2v) is 5.65. The molecule has 0 saturated carbocycles. The molecular weight excluding hydrogens is 266 g/mol. The summed E-state index contributed by atoms with van der Waals surface area (Å²) in [6.45, 7) is 5.20. The van der Waals surface area contributed by atoms with Crippen molar-refractivity contribution in [3.8, 4) is 5.75 Å². The molecule has 110 valence electrons. The summed E-state index contributed by atoms with van der Waals surface area (Å²) in [4.78, 5) is 13.2. The number of benzene rings is 1. The van der Waals surface area contributed by atoms with Crippen molar-refractivity contribution in [2.75, 3.05) is 13.6 Å². The molecule has 0 spiro atoms. The van der Waals surface area contributed by atoms with Crippen molar-refractivity contribution in [1.29, 1.82) is 0 Å². The molecule has 1 atom stereocenters. The van der Waals surface area contributed by atoms with Gasteiger partial charge in [-0.3, -0.25) is 9.69 Å². The first-order chi connectivity index (χ1) is 10.0. The highest BCUT2D eigenvalue weighted by atomic mass is 16.5. The van der Waals surface area contributed by atoms with Crippen LogP contribution in [-0.2, 0) is 11.3 Å². The number of rotatable bonds is 2. The summed E-state index contributed by atoms with van der Waals surface area (Å²) < 4.78 is 10.9. The highest BCUT2D eigenvalue weighted by Gasteiger charge is 2.27. The third-order valence-corrected chi connectivity index (χ3v) is 3.79. The molecule has 4 heteroatoms. The lowest BCUT2D eigenvalue weighted by Crippen LogP contribution is -2.30. The van der Waals surface area contributed by atoms with Crippen LogP contribution in [0.15, 0.2) is 34.7 Å². The van der Waals surface area contributed by atoms with Crippen molar-refractivity contribution in [3.63, 3.8) is 0 Å². The lowest BCUT2D eigenvalue weighted by Gasteiger charge is -2.29. The summed E-state index contributed by atoms with van der Waals surface area (Å²) in [7, 11) is 2.10. The average Bonchev–Trinajstić information content (AvgIpc) is 2.78. The Hall–Kier alpha value is -2.07. The maximum absolute atomic E-state index is 11.0. The van der Waals surface area contributed by atoms with Gasteiger partial charge >= 0.3 is 5.97 Å². The summed E-state index contributed by atoms with van der Waals surface area (Å²) in [6, 6.07) is 9.87. The van der Waals surface area contributed by atoms with Gasteiger partial charge in [0.1, 0.15) is 17.3 Å². The normalized spacial score (nSPS) is 18.3. The standard InChI is InChI=1S/C17H19NO3/c1-11-8-15-16(9-18(3)10-17(15)20-11)13-4-6-14(7-5-13)21-12(2)19/h4-8,16H,9-10H2,1-3H3. The number of hydrogen-bond acceptors (Lipinski definition) is 4. The van der Waals surface area contributed by atoms with Crippen LogP contribution in [0, 0.1) is 6.92 Å². The number of aryl methyl sites for hydroxylation is 1. The van der Waals surface area contributed by atoms with E-state index in [2.05, 4.69) is 18.0 Å². The van der Waals surface area contributed by atoms with Crippen molar-refractivity contribution in [2.24, 2.45) is 0 Å². The van der Waals surface area contributed by atoms with E-state index in [1.54, 1.807) is 0 Å². The van der Waals surface area contributed by atoms with Crippen LogP contribution in [0.5, 0.6) is 5.75 Å². The summed E-state index contributed by atoms with van der Waals surface area (Å²) in [6.07, 6.45) is 0. The molecule has 0 fully saturated rings. The zero-order valence-corrected chi connectivity index (χ0v) is 12.6. The van der Waals surface area contributed by atoms with Crippen LogP contribution in [-0.4, -0.2) is 24.5 Å². The Morgan fingerprint density at radius 2 is 2.05 bits per heavy atom. The van der Waals surface area contributed by atoms with Gasteiger partial charge in [-0.2, -0.15) is 0 Å². The lowest BCUT2D eigenvalue weighted by molar-refractivity contribution is -0.131. The third-order valence-electron chi connectivity index (χ3n) is 3.79. The molecule has 1 aliphatic rings. The Bertz CT molecular complexity index is 657. The van der Waals surface area contributed by atoms with Gasteiger partial charge in [-0.25, -0.2) is 0 Å². The molecule has 21 heavy (non-hydrogen) atoms. The molecule has 2 aromatic rings. The summed E-state index contributed by atoms with van der Waals surface area (Å²) >= 11 is 0. The minimum absolute atomic E-state index is 0.294. The average molecular weight is 285 g/mol. The monoisotopic (exact) mass is 285 g/mol. The molecule has 1 aromatic carbocycles. The van der Waals surface area contributed by atoms with E-state index in [9.17, 15) is 4.79 Å². The number of carbonyl (C=O) groups excluding carboxylic acids is 1. The van der Waals surface area contributed by atoms with Gasteiger partial charge in [0.15, 0.2) is 0 Å². The molecule has 1 aliphatic heterocycles. The van der Waals surface area contributed by atoms with Gasteiger partial charge in [0.2, 0.25) is 0 Å². The number of ether oxygens (including phenoxy) is 1. The first-order valence-electron chi connectivity index (χ1n) is 7.09. The molecule has 0 radical (unpaired) electrons. The largest absolute Gasteiger partial charge is 0.465 e. The summed E-state index contributed by atoms with van der Waals surface area (Å²) in [5.74, 6) is 2.58. The molecule has 0 amide bonds.